The van der Waals surface area contributed by atoms with E-state index in [9.17, 15) is 13.2 Å². The number of hydrogen-bond donors (Lipinski definition) is 0. The van der Waals surface area contributed by atoms with Gasteiger partial charge in [-0.1, -0.05) is 26.0 Å². The highest BCUT2D eigenvalue weighted by Gasteiger charge is 2.39. The normalized spacial score (nSPS) is 16.7. The minimum atomic E-state index is -3.75. The number of nitrogens with zero attached hydrogens (tertiary/aromatic N) is 1. The van der Waals surface area contributed by atoms with Crippen LogP contribution >= 0.6 is 0 Å². The molecular weight excluding hydrogens is 214 g/mol. The van der Waals surface area contributed by atoms with Gasteiger partial charge < -0.3 is 4.90 Å². The summed E-state index contributed by atoms with van der Waals surface area (Å²) in [5.74, 6) is 0. The molecule has 1 aromatic carbocycles. The molecule has 0 spiro atoms. The van der Waals surface area contributed by atoms with Gasteiger partial charge in [-0.05, 0) is 12.1 Å². The van der Waals surface area contributed by atoms with E-state index in [0.717, 1.165) is 4.90 Å². The summed E-state index contributed by atoms with van der Waals surface area (Å²) in [4.78, 5) is 12.5. The molecule has 1 heterocycles. The predicted molar refractivity (Wildman–Crippen MR) is 58.8 cm³/mol. The molecule has 0 fully saturated rings. The molecule has 5 heteroatoms. The average molecular weight is 227 g/mol. The number of sulfone groups is 1. The molecule has 1 aromatic rings. The van der Waals surface area contributed by atoms with E-state index < -0.39 is 15.1 Å². The molecule has 0 aliphatic carbocycles. The second-order valence-corrected chi connectivity index (χ2v) is 4.59. The number of carbonyl (C=O) groups is 1. The monoisotopic (exact) mass is 227 g/mol. The third-order valence-electron chi connectivity index (χ3n) is 2.02. The molecule has 0 radical (unpaired) electrons. The van der Waals surface area contributed by atoms with Crippen LogP contribution in [0.4, 0.5) is 10.5 Å². The van der Waals surface area contributed by atoms with Crippen LogP contribution in [0.25, 0.3) is 0 Å². The van der Waals surface area contributed by atoms with Gasteiger partial charge in [0.25, 0.3) is 9.84 Å². The molecule has 15 heavy (non-hydrogen) atoms. The summed E-state index contributed by atoms with van der Waals surface area (Å²) in [5.41, 5.74) is 0.451. The number of para-hydroxylation sites is 1. The summed E-state index contributed by atoms with van der Waals surface area (Å²) in [6, 6.07) is 6.34. The predicted octanol–water partition coefficient (Wildman–Crippen LogP) is 2.06. The zero-order valence-corrected chi connectivity index (χ0v) is 9.71. The van der Waals surface area contributed by atoms with Crippen molar-refractivity contribution in [2.75, 3.05) is 11.9 Å². The van der Waals surface area contributed by atoms with Gasteiger partial charge in [0.2, 0.25) is 0 Å². The van der Waals surface area contributed by atoms with Crippen molar-refractivity contribution in [1.82, 2.24) is 0 Å². The topological polar surface area (TPSA) is 54.5 Å². The maximum absolute atomic E-state index is 11.4. The number of hydrogen-bond acceptors (Lipinski definition) is 3. The molecule has 0 atom stereocenters. The molecule has 4 nitrogen and oxygen atoms in total. The highest BCUT2D eigenvalue weighted by Crippen LogP contribution is 2.33. The van der Waals surface area contributed by atoms with E-state index in [1.165, 1.54) is 13.1 Å². The van der Waals surface area contributed by atoms with Crippen LogP contribution in [0.2, 0.25) is 0 Å². The van der Waals surface area contributed by atoms with Crippen LogP contribution in [-0.2, 0) is 9.84 Å². The van der Waals surface area contributed by atoms with Gasteiger partial charge in [0.15, 0.2) is 0 Å². The molecule has 2 rings (SSSR count). The molecule has 0 bridgehead atoms. The minimum Gasteiger partial charge on any atom is -0.301 e. The first-order chi connectivity index (χ1) is 7.05. The van der Waals surface area contributed by atoms with Crippen LogP contribution in [0, 0.1) is 0 Å². The van der Waals surface area contributed by atoms with Crippen molar-refractivity contribution in [2.24, 2.45) is 0 Å². The Morgan fingerprint density at radius 1 is 1.13 bits per heavy atom. The Bertz CT molecular complexity index is 479. The molecule has 1 aliphatic heterocycles. The quantitative estimate of drug-likeness (QED) is 0.681. The number of carbonyl (C=O) groups excluding carboxylic acids is 1. The third-order valence-corrected chi connectivity index (χ3v) is 3.68. The lowest BCUT2D eigenvalue weighted by molar-refractivity contribution is 0.264. The van der Waals surface area contributed by atoms with Crippen molar-refractivity contribution < 1.29 is 13.2 Å². The fourth-order valence-corrected chi connectivity index (χ4v) is 2.72. The van der Waals surface area contributed by atoms with Gasteiger partial charge in [-0.3, -0.25) is 4.79 Å². The smallest absolute Gasteiger partial charge is 0.301 e. The average Bonchev–Trinajstić information content (AvgIpc) is 2.45. The van der Waals surface area contributed by atoms with Gasteiger partial charge in [-0.2, -0.15) is 0 Å². The van der Waals surface area contributed by atoms with Gasteiger partial charge >= 0.3 is 5.24 Å². The van der Waals surface area contributed by atoms with E-state index in [2.05, 4.69) is 0 Å². The number of anilines is 1. The molecule has 1 amide bonds. The summed E-state index contributed by atoms with van der Waals surface area (Å²) in [5, 5.41) is -0.853. The van der Waals surface area contributed by atoms with E-state index in [1.807, 2.05) is 13.8 Å². The lowest BCUT2D eigenvalue weighted by Crippen LogP contribution is -2.23. The van der Waals surface area contributed by atoms with Gasteiger partial charge in [0, 0.05) is 7.05 Å². The summed E-state index contributed by atoms with van der Waals surface area (Å²) in [6.45, 7) is 4.00. The second-order valence-electron chi connectivity index (χ2n) is 2.80. The van der Waals surface area contributed by atoms with Gasteiger partial charge in [-0.25, -0.2) is 8.42 Å². The zero-order chi connectivity index (χ0) is 11.6. The number of amides is 1. The Hall–Kier alpha value is -1.36. The van der Waals surface area contributed by atoms with E-state index >= 15 is 0 Å². The number of fused-ring (bicyclic) bond motifs is 1. The second kappa shape index (κ2) is 4.02. The van der Waals surface area contributed by atoms with Crippen LogP contribution in [0.5, 0.6) is 0 Å². The summed E-state index contributed by atoms with van der Waals surface area (Å²) in [6.07, 6.45) is 0. The molecule has 1 aliphatic rings. The first kappa shape index (κ1) is 11.7. The highest BCUT2D eigenvalue weighted by atomic mass is 32.2. The Morgan fingerprint density at radius 2 is 1.67 bits per heavy atom. The van der Waals surface area contributed by atoms with Crippen LogP contribution < -0.4 is 4.90 Å². The van der Waals surface area contributed by atoms with Crippen molar-refractivity contribution >= 4 is 20.8 Å². The van der Waals surface area contributed by atoms with Crippen molar-refractivity contribution in [2.45, 2.75) is 18.7 Å². The molecule has 82 valence electrons. The Balaban J connectivity index is 0.000000531. The Labute approximate surface area is 89.4 Å². The third kappa shape index (κ3) is 1.63. The van der Waals surface area contributed by atoms with Gasteiger partial charge in [0.1, 0.15) is 4.90 Å². The molecule has 0 saturated heterocycles. The van der Waals surface area contributed by atoms with Crippen LogP contribution in [0.1, 0.15) is 13.8 Å². The highest BCUT2D eigenvalue weighted by molar-refractivity contribution is 8.07. The number of rotatable bonds is 0. The lowest BCUT2D eigenvalue weighted by Gasteiger charge is -2.05. The summed E-state index contributed by atoms with van der Waals surface area (Å²) in [7, 11) is -2.30. The van der Waals surface area contributed by atoms with Crippen LogP contribution in [-0.4, -0.2) is 20.7 Å². The fourth-order valence-electron chi connectivity index (χ4n) is 1.33. The molecule has 0 saturated carbocycles. The van der Waals surface area contributed by atoms with Crippen molar-refractivity contribution in [1.29, 1.82) is 0 Å². The molecule has 0 unspecified atom stereocenters. The van der Waals surface area contributed by atoms with Crippen LogP contribution in [0.15, 0.2) is 29.2 Å². The van der Waals surface area contributed by atoms with E-state index in [1.54, 1.807) is 18.2 Å². The van der Waals surface area contributed by atoms with E-state index in [4.69, 9.17) is 0 Å². The van der Waals surface area contributed by atoms with Crippen LogP contribution in [0.3, 0.4) is 0 Å². The largest absolute Gasteiger partial charge is 0.348 e. The molecular formula is C10H13NO3S. The molecule has 0 N–H and O–H groups in total. The van der Waals surface area contributed by atoms with Crippen molar-refractivity contribution in [3.63, 3.8) is 0 Å². The SMILES string of the molecule is CC.CN1C(=O)S(=O)(=O)c2ccccc21. The maximum atomic E-state index is 11.4. The van der Waals surface area contributed by atoms with E-state index in [-0.39, 0.29) is 4.90 Å². The summed E-state index contributed by atoms with van der Waals surface area (Å²) >= 11 is 0. The van der Waals surface area contributed by atoms with Crippen molar-refractivity contribution in [3.8, 4) is 0 Å². The first-order valence-electron chi connectivity index (χ1n) is 4.67. The zero-order valence-electron chi connectivity index (χ0n) is 8.89. The summed E-state index contributed by atoms with van der Waals surface area (Å²) < 4.78 is 22.8. The number of benzene rings is 1. The van der Waals surface area contributed by atoms with Gasteiger partial charge in [0.05, 0.1) is 5.69 Å². The van der Waals surface area contributed by atoms with Gasteiger partial charge in [-0.15, -0.1) is 0 Å². The van der Waals surface area contributed by atoms with E-state index in [0.29, 0.717) is 5.69 Å². The lowest BCUT2D eigenvalue weighted by atomic mass is 10.3. The minimum absolute atomic E-state index is 0.0995. The van der Waals surface area contributed by atoms with Crippen molar-refractivity contribution in [3.05, 3.63) is 24.3 Å². The first-order valence-corrected chi connectivity index (χ1v) is 6.15. The Kier molecular flexibility index (Phi) is 3.14. The fraction of sp³-hybridized carbons (Fsp3) is 0.300. The Morgan fingerprint density at radius 3 is 2.20 bits per heavy atom. The maximum Gasteiger partial charge on any atom is 0.348 e. The molecule has 0 aromatic heterocycles. The standard InChI is InChI=1S/C8H7NO3S.C2H6/c1-9-6-4-2-3-5-7(6)13(11,12)8(9)10;1-2/h2-5H,1H3;1-2H3.